The van der Waals surface area contributed by atoms with Gasteiger partial charge in [0, 0.05) is 13.0 Å². The Hall–Kier alpha value is -3.12. The lowest BCUT2D eigenvalue weighted by molar-refractivity contribution is 0.0946. The maximum atomic E-state index is 12.3. The standard InChI is InChI=1S/C22H24N4O2/c1-22(2,23)20-12-18(25-26-20)21(27)24-13-14-3-5-15(6-4-14)16-7-8-19-17(11-16)9-10-28-19/h3-8,11-12H,9-10,13,23H2,1-2H3,(H,24,27)(H,25,26). The number of benzene rings is 2. The van der Waals surface area contributed by atoms with E-state index in [0.29, 0.717) is 12.2 Å². The Balaban J connectivity index is 1.39. The molecule has 1 aliphatic rings. The minimum absolute atomic E-state index is 0.227. The molecule has 0 fully saturated rings. The van der Waals surface area contributed by atoms with Crippen molar-refractivity contribution >= 4 is 5.91 Å². The maximum Gasteiger partial charge on any atom is 0.272 e. The minimum Gasteiger partial charge on any atom is -0.493 e. The fraction of sp³-hybridized carbons (Fsp3) is 0.273. The predicted molar refractivity (Wildman–Crippen MR) is 108 cm³/mol. The number of hydrogen-bond acceptors (Lipinski definition) is 4. The molecule has 6 heteroatoms. The molecule has 2 heterocycles. The van der Waals surface area contributed by atoms with E-state index in [0.717, 1.165) is 35.6 Å². The van der Waals surface area contributed by atoms with Gasteiger partial charge in [-0.15, -0.1) is 0 Å². The molecule has 0 saturated carbocycles. The first-order chi connectivity index (χ1) is 13.4. The summed E-state index contributed by atoms with van der Waals surface area (Å²) in [5.41, 5.74) is 11.1. The number of nitrogens with one attached hydrogen (secondary N) is 2. The topological polar surface area (TPSA) is 93.0 Å². The van der Waals surface area contributed by atoms with Crippen LogP contribution in [0.4, 0.5) is 0 Å². The summed E-state index contributed by atoms with van der Waals surface area (Å²) < 4.78 is 5.56. The second kappa shape index (κ2) is 7.13. The summed E-state index contributed by atoms with van der Waals surface area (Å²) in [7, 11) is 0. The number of amides is 1. The van der Waals surface area contributed by atoms with Gasteiger partial charge in [-0.25, -0.2) is 0 Å². The van der Waals surface area contributed by atoms with Crippen LogP contribution in [-0.2, 0) is 18.5 Å². The van der Waals surface area contributed by atoms with Crippen LogP contribution in [0.2, 0.25) is 0 Å². The molecule has 1 aromatic heterocycles. The first-order valence-corrected chi connectivity index (χ1v) is 9.38. The summed E-state index contributed by atoms with van der Waals surface area (Å²) in [6.45, 7) is 4.92. The number of ether oxygens (including phenoxy) is 1. The van der Waals surface area contributed by atoms with E-state index >= 15 is 0 Å². The number of hydrogen-bond donors (Lipinski definition) is 3. The lowest BCUT2D eigenvalue weighted by Gasteiger charge is -2.14. The third kappa shape index (κ3) is 3.77. The molecule has 4 rings (SSSR count). The van der Waals surface area contributed by atoms with Crippen LogP contribution in [-0.4, -0.2) is 22.7 Å². The summed E-state index contributed by atoms with van der Waals surface area (Å²) >= 11 is 0. The van der Waals surface area contributed by atoms with Crippen molar-refractivity contribution in [1.29, 1.82) is 0 Å². The molecule has 0 aliphatic carbocycles. The predicted octanol–water partition coefficient (Wildman–Crippen LogP) is 3.14. The highest BCUT2D eigenvalue weighted by Crippen LogP contribution is 2.30. The van der Waals surface area contributed by atoms with E-state index in [1.807, 2.05) is 32.0 Å². The van der Waals surface area contributed by atoms with Crippen LogP contribution in [0.25, 0.3) is 11.1 Å². The molecular weight excluding hydrogens is 352 g/mol. The molecule has 6 nitrogen and oxygen atoms in total. The number of nitrogens with two attached hydrogens (primary N) is 1. The molecule has 3 aromatic rings. The molecule has 4 N–H and O–H groups in total. The summed E-state index contributed by atoms with van der Waals surface area (Å²) in [4.78, 5) is 12.3. The van der Waals surface area contributed by atoms with Gasteiger partial charge in [0.2, 0.25) is 0 Å². The van der Waals surface area contributed by atoms with E-state index in [-0.39, 0.29) is 5.91 Å². The van der Waals surface area contributed by atoms with Crippen molar-refractivity contribution in [3.63, 3.8) is 0 Å². The molecule has 1 amide bonds. The molecule has 0 unspecified atom stereocenters. The van der Waals surface area contributed by atoms with Gasteiger partial charge in [0.15, 0.2) is 0 Å². The van der Waals surface area contributed by atoms with Crippen LogP contribution in [0.15, 0.2) is 48.5 Å². The summed E-state index contributed by atoms with van der Waals surface area (Å²) in [6.07, 6.45) is 0.962. The molecule has 144 valence electrons. The Morgan fingerprint density at radius 2 is 1.93 bits per heavy atom. The minimum atomic E-state index is -0.564. The molecule has 2 aromatic carbocycles. The van der Waals surface area contributed by atoms with E-state index in [4.69, 9.17) is 10.5 Å². The number of rotatable bonds is 5. The summed E-state index contributed by atoms with van der Waals surface area (Å²) in [5, 5.41) is 9.77. The van der Waals surface area contributed by atoms with Crippen LogP contribution >= 0.6 is 0 Å². The Morgan fingerprint density at radius 1 is 1.18 bits per heavy atom. The first kappa shape index (κ1) is 18.3. The van der Waals surface area contributed by atoms with Crippen molar-refractivity contribution in [3.05, 3.63) is 71.0 Å². The van der Waals surface area contributed by atoms with Gasteiger partial charge >= 0.3 is 0 Å². The van der Waals surface area contributed by atoms with Crippen molar-refractivity contribution in [1.82, 2.24) is 15.5 Å². The number of carbonyl (C=O) groups is 1. The average Bonchev–Trinajstić information content (AvgIpc) is 3.35. The maximum absolute atomic E-state index is 12.3. The van der Waals surface area contributed by atoms with Crippen molar-refractivity contribution in [3.8, 4) is 16.9 Å². The second-order valence-corrected chi connectivity index (χ2v) is 7.69. The van der Waals surface area contributed by atoms with Crippen molar-refractivity contribution in [2.45, 2.75) is 32.4 Å². The van der Waals surface area contributed by atoms with Gasteiger partial charge in [0.05, 0.1) is 17.8 Å². The Morgan fingerprint density at radius 3 is 2.64 bits per heavy atom. The third-order valence-corrected chi connectivity index (χ3v) is 4.93. The molecule has 0 atom stereocenters. The number of fused-ring (bicyclic) bond motifs is 1. The normalized spacial score (nSPS) is 13.1. The monoisotopic (exact) mass is 376 g/mol. The third-order valence-electron chi connectivity index (χ3n) is 4.93. The van der Waals surface area contributed by atoms with E-state index in [1.165, 1.54) is 11.1 Å². The number of H-pyrrole nitrogens is 1. The van der Waals surface area contributed by atoms with Gasteiger partial charge in [-0.3, -0.25) is 9.89 Å². The smallest absolute Gasteiger partial charge is 0.272 e. The number of aromatic amines is 1. The second-order valence-electron chi connectivity index (χ2n) is 7.69. The van der Waals surface area contributed by atoms with E-state index in [2.05, 4.69) is 39.8 Å². The average molecular weight is 376 g/mol. The zero-order valence-electron chi connectivity index (χ0n) is 16.1. The summed E-state index contributed by atoms with van der Waals surface area (Å²) in [6, 6.07) is 16.2. The Kier molecular flexibility index (Phi) is 4.65. The van der Waals surface area contributed by atoms with Crippen molar-refractivity contribution < 1.29 is 9.53 Å². The lowest BCUT2D eigenvalue weighted by atomic mass is 10.0. The lowest BCUT2D eigenvalue weighted by Crippen LogP contribution is -2.29. The molecule has 28 heavy (non-hydrogen) atoms. The van der Waals surface area contributed by atoms with Crippen LogP contribution in [0, 0.1) is 0 Å². The fourth-order valence-corrected chi connectivity index (χ4v) is 3.22. The van der Waals surface area contributed by atoms with Crippen LogP contribution in [0.3, 0.4) is 0 Å². The molecule has 0 saturated heterocycles. The van der Waals surface area contributed by atoms with Crippen LogP contribution in [0.5, 0.6) is 5.75 Å². The zero-order chi connectivity index (χ0) is 19.7. The number of carbonyl (C=O) groups excluding carboxylic acids is 1. The van der Waals surface area contributed by atoms with Gasteiger partial charge < -0.3 is 15.8 Å². The van der Waals surface area contributed by atoms with Crippen LogP contribution in [0.1, 0.15) is 41.2 Å². The van der Waals surface area contributed by atoms with Gasteiger partial charge in [-0.1, -0.05) is 30.3 Å². The molecule has 0 radical (unpaired) electrons. The van der Waals surface area contributed by atoms with Gasteiger partial charge in [0.1, 0.15) is 11.4 Å². The fourth-order valence-electron chi connectivity index (χ4n) is 3.22. The number of nitrogens with zero attached hydrogens (tertiary/aromatic N) is 1. The van der Waals surface area contributed by atoms with Gasteiger partial charge in [-0.05, 0) is 54.3 Å². The highest BCUT2D eigenvalue weighted by atomic mass is 16.5. The largest absolute Gasteiger partial charge is 0.493 e. The van der Waals surface area contributed by atoms with Crippen LogP contribution < -0.4 is 15.8 Å². The number of aromatic nitrogens is 2. The van der Waals surface area contributed by atoms with E-state index in [1.54, 1.807) is 6.07 Å². The van der Waals surface area contributed by atoms with Crippen molar-refractivity contribution in [2.24, 2.45) is 5.73 Å². The van der Waals surface area contributed by atoms with E-state index < -0.39 is 5.54 Å². The quantitative estimate of drug-likeness (QED) is 0.638. The Bertz CT molecular complexity index is 1000. The molecular formula is C22H24N4O2. The Labute approximate surface area is 164 Å². The molecule has 0 spiro atoms. The highest BCUT2D eigenvalue weighted by Gasteiger charge is 2.19. The summed E-state index contributed by atoms with van der Waals surface area (Å²) in [5.74, 6) is 0.761. The SMILES string of the molecule is CC(C)(N)c1cc(C(=O)NCc2ccc(-c3ccc4c(c3)CCO4)cc2)n[nH]1. The van der Waals surface area contributed by atoms with Gasteiger partial charge in [-0.2, -0.15) is 5.10 Å². The molecule has 0 bridgehead atoms. The van der Waals surface area contributed by atoms with E-state index in [9.17, 15) is 4.79 Å². The van der Waals surface area contributed by atoms with Gasteiger partial charge in [0.25, 0.3) is 5.91 Å². The first-order valence-electron chi connectivity index (χ1n) is 9.38. The zero-order valence-corrected chi connectivity index (χ0v) is 16.1. The molecule has 1 aliphatic heterocycles. The highest BCUT2D eigenvalue weighted by molar-refractivity contribution is 5.92. The van der Waals surface area contributed by atoms with Crippen molar-refractivity contribution in [2.75, 3.05) is 6.61 Å².